The van der Waals surface area contributed by atoms with E-state index in [1.165, 1.54) is 5.56 Å². The molecular weight excluding hydrogens is 290 g/mol. The van der Waals surface area contributed by atoms with Crippen LogP contribution >= 0.6 is 0 Å². The number of amides is 1. The Morgan fingerprint density at radius 2 is 1.87 bits per heavy atom. The number of carbonyl (C=O) groups excluding carboxylic acids is 1. The maximum Gasteiger partial charge on any atom is 0.263 e. The molecule has 1 heterocycles. The lowest BCUT2D eigenvalue weighted by Gasteiger charge is -2.35. The fraction of sp³-hybridized carbons (Fsp3) is 0.611. The summed E-state index contributed by atoms with van der Waals surface area (Å²) in [5.41, 5.74) is 6.81. The fourth-order valence-corrected chi connectivity index (χ4v) is 2.82. The van der Waals surface area contributed by atoms with Crippen molar-refractivity contribution in [3.8, 4) is 5.75 Å². The zero-order chi connectivity index (χ0) is 16.7. The third-order valence-corrected chi connectivity index (χ3v) is 4.35. The number of piperazine rings is 1. The van der Waals surface area contributed by atoms with Crippen LogP contribution in [0.4, 0.5) is 0 Å². The monoisotopic (exact) mass is 319 g/mol. The van der Waals surface area contributed by atoms with E-state index in [1.807, 2.05) is 36.1 Å². The Bertz CT molecular complexity index is 482. The molecule has 1 aliphatic rings. The number of benzene rings is 1. The molecule has 2 rings (SSSR count). The quantitative estimate of drug-likeness (QED) is 0.828. The van der Waals surface area contributed by atoms with E-state index < -0.39 is 6.10 Å². The molecule has 1 aliphatic heterocycles. The Morgan fingerprint density at radius 1 is 1.22 bits per heavy atom. The molecule has 0 radical (unpaired) electrons. The first-order chi connectivity index (χ1) is 11.1. The Hall–Kier alpha value is -1.59. The third kappa shape index (κ3) is 5.22. The molecular formula is C18H29N3O2. The maximum absolute atomic E-state index is 12.5. The zero-order valence-corrected chi connectivity index (χ0v) is 14.3. The van der Waals surface area contributed by atoms with Crippen LogP contribution in [-0.2, 0) is 11.2 Å². The van der Waals surface area contributed by atoms with Gasteiger partial charge in [-0.05, 0) is 50.6 Å². The van der Waals surface area contributed by atoms with Crippen molar-refractivity contribution in [1.29, 1.82) is 0 Å². The molecule has 0 aromatic heterocycles. The number of nitrogens with two attached hydrogens (primary N) is 1. The van der Waals surface area contributed by atoms with E-state index in [-0.39, 0.29) is 5.91 Å². The number of carbonyl (C=O) groups is 1. The highest BCUT2D eigenvalue weighted by molar-refractivity contribution is 5.81. The van der Waals surface area contributed by atoms with E-state index in [1.54, 1.807) is 0 Å². The number of aryl methyl sites for hydroxylation is 1. The predicted molar refractivity (Wildman–Crippen MR) is 92.6 cm³/mol. The molecule has 0 saturated carbocycles. The van der Waals surface area contributed by atoms with Gasteiger partial charge in [-0.15, -0.1) is 0 Å². The van der Waals surface area contributed by atoms with Crippen molar-refractivity contribution in [3.05, 3.63) is 29.8 Å². The summed E-state index contributed by atoms with van der Waals surface area (Å²) in [7, 11) is 0. The van der Waals surface area contributed by atoms with Crippen LogP contribution in [0.2, 0.25) is 0 Å². The standard InChI is InChI=1S/C18H29N3O2/c1-3-16-5-7-17(8-6-16)23-15(2)18(22)21-13-11-20(12-14-21)10-4-9-19/h5-8,15H,3-4,9-14,19H2,1-2H3. The molecule has 5 heteroatoms. The molecule has 0 spiro atoms. The number of ether oxygens (including phenoxy) is 1. The Balaban J connectivity index is 1.80. The second-order valence-electron chi connectivity index (χ2n) is 6.07. The minimum Gasteiger partial charge on any atom is -0.481 e. The van der Waals surface area contributed by atoms with Crippen LogP contribution in [0.1, 0.15) is 25.8 Å². The molecule has 23 heavy (non-hydrogen) atoms. The number of rotatable bonds is 7. The van der Waals surface area contributed by atoms with Crippen LogP contribution in [-0.4, -0.2) is 61.1 Å². The minimum absolute atomic E-state index is 0.0723. The highest BCUT2D eigenvalue weighted by Crippen LogP contribution is 2.15. The van der Waals surface area contributed by atoms with Gasteiger partial charge >= 0.3 is 0 Å². The van der Waals surface area contributed by atoms with Gasteiger partial charge in [0, 0.05) is 26.2 Å². The van der Waals surface area contributed by atoms with Gasteiger partial charge in [-0.2, -0.15) is 0 Å². The third-order valence-electron chi connectivity index (χ3n) is 4.35. The van der Waals surface area contributed by atoms with Gasteiger partial charge in [-0.1, -0.05) is 19.1 Å². The van der Waals surface area contributed by atoms with Gasteiger partial charge in [0.15, 0.2) is 6.10 Å². The average molecular weight is 319 g/mol. The van der Waals surface area contributed by atoms with Crippen molar-refractivity contribution in [2.75, 3.05) is 39.3 Å². The lowest BCUT2D eigenvalue weighted by atomic mass is 10.2. The van der Waals surface area contributed by atoms with Crippen molar-refractivity contribution >= 4 is 5.91 Å². The summed E-state index contributed by atoms with van der Waals surface area (Å²) in [6.45, 7) is 9.08. The highest BCUT2D eigenvalue weighted by atomic mass is 16.5. The fourth-order valence-electron chi connectivity index (χ4n) is 2.82. The van der Waals surface area contributed by atoms with E-state index in [0.717, 1.165) is 57.9 Å². The lowest BCUT2D eigenvalue weighted by molar-refractivity contribution is -0.139. The van der Waals surface area contributed by atoms with Gasteiger partial charge in [0.05, 0.1) is 0 Å². The smallest absolute Gasteiger partial charge is 0.263 e. The molecule has 1 atom stereocenters. The van der Waals surface area contributed by atoms with Crippen LogP contribution in [0.5, 0.6) is 5.75 Å². The molecule has 1 aromatic rings. The predicted octanol–water partition coefficient (Wildman–Crippen LogP) is 1.51. The number of nitrogens with zero attached hydrogens (tertiary/aromatic N) is 2. The molecule has 2 N–H and O–H groups in total. The van der Waals surface area contributed by atoms with E-state index in [2.05, 4.69) is 11.8 Å². The molecule has 5 nitrogen and oxygen atoms in total. The summed E-state index contributed by atoms with van der Waals surface area (Å²) in [6, 6.07) is 7.96. The van der Waals surface area contributed by atoms with Crippen LogP contribution in [0.15, 0.2) is 24.3 Å². The first-order valence-corrected chi connectivity index (χ1v) is 8.60. The van der Waals surface area contributed by atoms with Gasteiger partial charge in [0.25, 0.3) is 5.91 Å². The highest BCUT2D eigenvalue weighted by Gasteiger charge is 2.25. The Labute approximate surface area is 139 Å². The number of hydrogen-bond donors (Lipinski definition) is 1. The first kappa shape index (κ1) is 17.8. The lowest BCUT2D eigenvalue weighted by Crippen LogP contribution is -2.52. The molecule has 0 bridgehead atoms. The van der Waals surface area contributed by atoms with Crippen LogP contribution in [0.3, 0.4) is 0 Å². The summed E-state index contributed by atoms with van der Waals surface area (Å²) < 4.78 is 5.80. The van der Waals surface area contributed by atoms with Crippen molar-refractivity contribution in [2.45, 2.75) is 32.8 Å². The van der Waals surface area contributed by atoms with E-state index in [9.17, 15) is 4.79 Å². The second-order valence-corrected chi connectivity index (χ2v) is 6.07. The van der Waals surface area contributed by atoms with Crippen LogP contribution < -0.4 is 10.5 Å². The Morgan fingerprint density at radius 3 is 2.43 bits per heavy atom. The van der Waals surface area contributed by atoms with Crippen LogP contribution in [0, 0.1) is 0 Å². The summed E-state index contributed by atoms with van der Waals surface area (Å²) >= 11 is 0. The van der Waals surface area contributed by atoms with Crippen molar-refractivity contribution in [1.82, 2.24) is 9.80 Å². The van der Waals surface area contributed by atoms with Gasteiger partial charge in [0.2, 0.25) is 0 Å². The van der Waals surface area contributed by atoms with Gasteiger partial charge in [-0.3, -0.25) is 9.69 Å². The van der Waals surface area contributed by atoms with Gasteiger partial charge in [-0.25, -0.2) is 0 Å². The van der Waals surface area contributed by atoms with Gasteiger partial charge in [0.1, 0.15) is 5.75 Å². The normalized spacial score (nSPS) is 17.1. The molecule has 1 unspecified atom stereocenters. The molecule has 1 amide bonds. The SMILES string of the molecule is CCc1ccc(OC(C)C(=O)N2CCN(CCCN)CC2)cc1. The van der Waals surface area contributed by atoms with Gasteiger partial charge < -0.3 is 15.4 Å². The summed E-state index contributed by atoms with van der Waals surface area (Å²) in [6.07, 6.45) is 1.57. The summed E-state index contributed by atoms with van der Waals surface area (Å²) in [5, 5.41) is 0. The van der Waals surface area contributed by atoms with Crippen molar-refractivity contribution in [3.63, 3.8) is 0 Å². The largest absolute Gasteiger partial charge is 0.481 e. The number of hydrogen-bond acceptors (Lipinski definition) is 4. The van der Waals surface area contributed by atoms with Crippen molar-refractivity contribution in [2.24, 2.45) is 5.73 Å². The van der Waals surface area contributed by atoms with Crippen LogP contribution in [0.25, 0.3) is 0 Å². The van der Waals surface area contributed by atoms with E-state index >= 15 is 0 Å². The van der Waals surface area contributed by atoms with Crippen molar-refractivity contribution < 1.29 is 9.53 Å². The molecule has 128 valence electrons. The summed E-state index contributed by atoms with van der Waals surface area (Å²) in [5.74, 6) is 0.827. The molecule has 0 aliphatic carbocycles. The molecule has 1 fully saturated rings. The van der Waals surface area contributed by atoms with E-state index in [0.29, 0.717) is 0 Å². The average Bonchev–Trinajstić information content (AvgIpc) is 2.60. The first-order valence-electron chi connectivity index (χ1n) is 8.60. The second kappa shape index (κ2) is 8.89. The Kier molecular flexibility index (Phi) is 6.86. The zero-order valence-electron chi connectivity index (χ0n) is 14.3. The summed E-state index contributed by atoms with van der Waals surface area (Å²) in [4.78, 5) is 16.8. The molecule has 1 saturated heterocycles. The molecule has 1 aromatic carbocycles. The maximum atomic E-state index is 12.5. The minimum atomic E-state index is -0.446. The topological polar surface area (TPSA) is 58.8 Å². The van der Waals surface area contributed by atoms with E-state index in [4.69, 9.17) is 10.5 Å².